The average Bonchev–Trinajstić information content (AvgIpc) is 2.93. The fraction of sp³-hybridized carbons (Fsp3) is 0.353. The molecule has 1 aromatic heterocycles. The van der Waals surface area contributed by atoms with Crippen molar-refractivity contribution >= 4 is 5.91 Å². The van der Waals surface area contributed by atoms with Crippen LogP contribution in [0.2, 0.25) is 0 Å². The Labute approximate surface area is 130 Å². The second-order valence-electron chi connectivity index (χ2n) is 5.37. The molecule has 1 heterocycles. The number of ether oxygens (including phenoxy) is 1. The zero-order valence-corrected chi connectivity index (χ0v) is 13.4. The molecule has 2 aromatic rings. The minimum absolute atomic E-state index is 0.00380. The van der Waals surface area contributed by atoms with E-state index in [2.05, 4.69) is 5.32 Å². The van der Waals surface area contributed by atoms with Gasteiger partial charge in [0, 0.05) is 12.1 Å². The summed E-state index contributed by atoms with van der Waals surface area (Å²) in [7, 11) is 5.52. The maximum absolute atomic E-state index is 12.2. The third-order valence-corrected chi connectivity index (χ3v) is 3.52. The van der Waals surface area contributed by atoms with Gasteiger partial charge in [-0.15, -0.1) is 0 Å². The Morgan fingerprint density at radius 3 is 2.41 bits per heavy atom. The van der Waals surface area contributed by atoms with E-state index in [0.717, 1.165) is 17.3 Å². The summed E-state index contributed by atoms with van der Waals surface area (Å²) >= 11 is 0. The molecule has 5 nitrogen and oxygen atoms in total. The molecule has 22 heavy (non-hydrogen) atoms. The standard InChI is InChI=1S/C17H22N2O3/c1-12-5-10-16(22-12)15(19(2)3)11-18-17(20)13-6-8-14(21-4)9-7-13/h5-10,15H,11H2,1-4H3,(H,18,20). The third-order valence-electron chi connectivity index (χ3n) is 3.52. The van der Waals surface area contributed by atoms with E-state index in [4.69, 9.17) is 9.15 Å². The molecule has 0 aliphatic rings. The van der Waals surface area contributed by atoms with Crippen molar-refractivity contribution in [2.24, 2.45) is 0 Å². The highest BCUT2D eigenvalue weighted by molar-refractivity contribution is 5.94. The highest BCUT2D eigenvalue weighted by Gasteiger charge is 2.19. The summed E-state index contributed by atoms with van der Waals surface area (Å²) < 4.78 is 10.8. The molecule has 5 heteroatoms. The lowest BCUT2D eigenvalue weighted by atomic mass is 10.1. The van der Waals surface area contributed by atoms with Crippen LogP contribution < -0.4 is 10.1 Å². The second kappa shape index (κ2) is 7.13. The van der Waals surface area contributed by atoms with Gasteiger partial charge in [-0.2, -0.15) is 0 Å². The maximum atomic E-state index is 12.2. The molecule has 1 N–H and O–H groups in total. The number of likely N-dealkylation sites (N-methyl/N-ethyl adjacent to an activating group) is 1. The van der Waals surface area contributed by atoms with Crippen molar-refractivity contribution in [2.45, 2.75) is 13.0 Å². The molecular weight excluding hydrogens is 280 g/mol. The Morgan fingerprint density at radius 1 is 1.23 bits per heavy atom. The van der Waals surface area contributed by atoms with Crippen molar-refractivity contribution < 1.29 is 13.9 Å². The first-order chi connectivity index (χ1) is 10.5. The molecule has 1 amide bonds. The molecule has 1 unspecified atom stereocenters. The zero-order chi connectivity index (χ0) is 16.1. The van der Waals surface area contributed by atoms with Crippen LogP contribution in [0.3, 0.4) is 0 Å². The topological polar surface area (TPSA) is 54.7 Å². The van der Waals surface area contributed by atoms with Crippen molar-refractivity contribution in [2.75, 3.05) is 27.7 Å². The van der Waals surface area contributed by atoms with Crippen molar-refractivity contribution in [3.05, 3.63) is 53.5 Å². The number of carbonyl (C=O) groups is 1. The Bertz CT molecular complexity index is 617. The maximum Gasteiger partial charge on any atom is 0.251 e. The molecule has 1 atom stereocenters. The van der Waals surface area contributed by atoms with Crippen LogP contribution in [0.4, 0.5) is 0 Å². The fourth-order valence-corrected chi connectivity index (χ4v) is 2.20. The molecular formula is C17H22N2O3. The van der Waals surface area contributed by atoms with Crippen LogP contribution in [0.5, 0.6) is 5.75 Å². The molecule has 0 bridgehead atoms. The van der Waals surface area contributed by atoms with Gasteiger partial charge >= 0.3 is 0 Å². The highest BCUT2D eigenvalue weighted by atomic mass is 16.5. The van der Waals surface area contributed by atoms with Gasteiger partial charge in [-0.25, -0.2) is 0 Å². The van der Waals surface area contributed by atoms with Crippen molar-refractivity contribution in [1.29, 1.82) is 0 Å². The lowest BCUT2D eigenvalue weighted by Gasteiger charge is -2.22. The molecule has 2 rings (SSSR count). The predicted molar refractivity (Wildman–Crippen MR) is 85.2 cm³/mol. The van der Waals surface area contributed by atoms with E-state index in [1.807, 2.05) is 38.1 Å². The van der Waals surface area contributed by atoms with E-state index >= 15 is 0 Å². The van der Waals surface area contributed by atoms with Gasteiger partial charge in [0.15, 0.2) is 0 Å². The third kappa shape index (κ3) is 3.89. The summed E-state index contributed by atoms with van der Waals surface area (Å²) in [5.41, 5.74) is 0.605. The Morgan fingerprint density at radius 2 is 1.91 bits per heavy atom. The number of amides is 1. The molecule has 0 radical (unpaired) electrons. The van der Waals surface area contributed by atoms with E-state index in [9.17, 15) is 4.79 Å². The van der Waals surface area contributed by atoms with E-state index in [0.29, 0.717) is 12.1 Å². The molecule has 0 saturated carbocycles. The lowest BCUT2D eigenvalue weighted by Crippen LogP contribution is -2.34. The quantitative estimate of drug-likeness (QED) is 0.891. The predicted octanol–water partition coefficient (Wildman–Crippen LogP) is 2.63. The number of aryl methyl sites for hydroxylation is 1. The normalized spacial score (nSPS) is 12.2. The first kappa shape index (κ1) is 16.1. The minimum Gasteiger partial charge on any atom is -0.497 e. The minimum atomic E-state index is -0.113. The first-order valence-corrected chi connectivity index (χ1v) is 7.16. The largest absolute Gasteiger partial charge is 0.497 e. The fourth-order valence-electron chi connectivity index (χ4n) is 2.20. The number of rotatable bonds is 6. The van der Waals surface area contributed by atoms with Crippen LogP contribution in [0.25, 0.3) is 0 Å². The molecule has 0 saturated heterocycles. The summed E-state index contributed by atoms with van der Waals surface area (Å²) in [6.07, 6.45) is 0. The summed E-state index contributed by atoms with van der Waals surface area (Å²) in [5, 5.41) is 2.94. The summed E-state index contributed by atoms with van der Waals surface area (Å²) in [6.45, 7) is 2.39. The van der Waals surface area contributed by atoms with Gasteiger partial charge in [-0.3, -0.25) is 9.69 Å². The van der Waals surface area contributed by atoms with Gasteiger partial charge in [0.05, 0.1) is 13.2 Å². The van der Waals surface area contributed by atoms with Crippen LogP contribution in [-0.4, -0.2) is 38.6 Å². The van der Waals surface area contributed by atoms with Gasteiger partial charge < -0.3 is 14.5 Å². The van der Waals surface area contributed by atoms with E-state index in [1.54, 1.807) is 31.4 Å². The molecule has 0 spiro atoms. The average molecular weight is 302 g/mol. The number of carbonyl (C=O) groups excluding carboxylic acids is 1. The van der Waals surface area contributed by atoms with E-state index in [1.165, 1.54) is 0 Å². The van der Waals surface area contributed by atoms with Crippen molar-refractivity contribution in [3.8, 4) is 5.75 Å². The Kier molecular flexibility index (Phi) is 5.22. The van der Waals surface area contributed by atoms with Crippen LogP contribution in [0.15, 0.2) is 40.8 Å². The monoisotopic (exact) mass is 302 g/mol. The van der Waals surface area contributed by atoms with Crippen LogP contribution in [0.1, 0.15) is 27.9 Å². The molecule has 118 valence electrons. The number of methoxy groups -OCH3 is 1. The number of nitrogens with one attached hydrogen (secondary N) is 1. The first-order valence-electron chi connectivity index (χ1n) is 7.16. The van der Waals surface area contributed by atoms with E-state index < -0.39 is 0 Å². The summed E-state index contributed by atoms with van der Waals surface area (Å²) in [4.78, 5) is 14.2. The van der Waals surface area contributed by atoms with Crippen molar-refractivity contribution in [3.63, 3.8) is 0 Å². The number of furan rings is 1. The number of benzene rings is 1. The molecule has 0 fully saturated rings. The second-order valence-corrected chi connectivity index (χ2v) is 5.37. The number of nitrogens with zero attached hydrogens (tertiary/aromatic N) is 1. The lowest BCUT2D eigenvalue weighted by molar-refractivity contribution is 0.0939. The SMILES string of the molecule is COc1ccc(C(=O)NCC(c2ccc(C)o2)N(C)C)cc1. The van der Waals surface area contributed by atoms with Gasteiger partial charge in [-0.1, -0.05) is 0 Å². The molecule has 1 aromatic carbocycles. The number of hydrogen-bond donors (Lipinski definition) is 1. The number of hydrogen-bond acceptors (Lipinski definition) is 4. The Hall–Kier alpha value is -2.27. The van der Waals surface area contributed by atoms with Gasteiger partial charge in [0.2, 0.25) is 0 Å². The summed E-state index contributed by atoms with van der Waals surface area (Å²) in [6, 6.07) is 10.9. The van der Waals surface area contributed by atoms with Gasteiger partial charge in [-0.05, 0) is 57.4 Å². The Balaban J connectivity index is 2.01. The van der Waals surface area contributed by atoms with Crippen molar-refractivity contribution in [1.82, 2.24) is 10.2 Å². The molecule has 0 aliphatic heterocycles. The van der Waals surface area contributed by atoms with Gasteiger partial charge in [0.25, 0.3) is 5.91 Å². The van der Waals surface area contributed by atoms with Gasteiger partial charge in [0.1, 0.15) is 17.3 Å². The zero-order valence-electron chi connectivity index (χ0n) is 13.4. The molecule has 0 aliphatic carbocycles. The summed E-state index contributed by atoms with van der Waals surface area (Å²) in [5.74, 6) is 2.33. The smallest absolute Gasteiger partial charge is 0.251 e. The van der Waals surface area contributed by atoms with Crippen LogP contribution >= 0.6 is 0 Å². The van der Waals surface area contributed by atoms with Crippen LogP contribution in [0, 0.1) is 6.92 Å². The van der Waals surface area contributed by atoms with E-state index in [-0.39, 0.29) is 11.9 Å². The van der Waals surface area contributed by atoms with Crippen LogP contribution in [-0.2, 0) is 0 Å². The highest BCUT2D eigenvalue weighted by Crippen LogP contribution is 2.20.